The zero-order chi connectivity index (χ0) is 26.7. The molecule has 0 aromatic heterocycles. The predicted octanol–water partition coefficient (Wildman–Crippen LogP) is 5.59. The first-order valence-electron chi connectivity index (χ1n) is 12.8. The number of carboxylic acids is 1. The lowest BCUT2D eigenvalue weighted by molar-refractivity contribution is -0.139. The molecule has 1 heterocycles. The van der Waals surface area contributed by atoms with E-state index in [1.54, 1.807) is 36.2 Å². The lowest BCUT2D eigenvalue weighted by Gasteiger charge is -2.25. The molecule has 2 aromatic carbocycles. The van der Waals surface area contributed by atoms with Crippen LogP contribution in [-0.4, -0.2) is 36.6 Å². The van der Waals surface area contributed by atoms with Crippen LogP contribution in [-0.2, 0) is 28.8 Å². The van der Waals surface area contributed by atoms with Gasteiger partial charge in [0, 0.05) is 12.2 Å². The van der Waals surface area contributed by atoms with Gasteiger partial charge in [0.1, 0.15) is 12.4 Å². The van der Waals surface area contributed by atoms with E-state index in [0.717, 1.165) is 43.2 Å². The van der Waals surface area contributed by atoms with E-state index in [1.807, 2.05) is 6.92 Å². The van der Waals surface area contributed by atoms with Crippen molar-refractivity contribution in [2.75, 3.05) is 18.5 Å². The number of anilines is 1. The van der Waals surface area contributed by atoms with Crippen molar-refractivity contribution in [2.24, 2.45) is 0 Å². The summed E-state index contributed by atoms with van der Waals surface area (Å²) in [6, 6.07) is 7.19. The molecule has 2 aromatic rings. The Kier molecular flexibility index (Phi) is 8.11. The topological polar surface area (TPSA) is 78.9 Å². The quantitative estimate of drug-likeness (QED) is 0.476. The number of hydrogen-bond donors (Lipinski definition) is 2. The number of nitrogens with zero attached hydrogens (tertiary/aromatic N) is 1. The van der Waals surface area contributed by atoms with E-state index in [2.05, 4.69) is 5.32 Å². The molecule has 1 aliphatic heterocycles. The molecule has 0 spiro atoms. The highest BCUT2D eigenvalue weighted by Gasteiger charge is 2.36. The summed E-state index contributed by atoms with van der Waals surface area (Å²) in [5.74, 6) is -0.876. The molecule has 1 fully saturated rings. The van der Waals surface area contributed by atoms with Crippen LogP contribution in [0.1, 0.15) is 72.3 Å². The first kappa shape index (κ1) is 27.0. The van der Waals surface area contributed by atoms with Crippen LogP contribution >= 0.6 is 0 Å². The van der Waals surface area contributed by atoms with Crippen molar-refractivity contribution < 1.29 is 32.6 Å². The number of halogens is 3. The lowest BCUT2D eigenvalue weighted by Crippen LogP contribution is -2.45. The number of fused-ring (bicyclic) bond motifs is 1. The van der Waals surface area contributed by atoms with Crippen LogP contribution in [0.25, 0.3) is 0 Å². The molecule has 37 heavy (non-hydrogen) atoms. The van der Waals surface area contributed by atoms with Crippen molar-refractivity contribution in [3.8, 4) is 5.75 Å². The van der Waals surface area contributed by atoms with Crippen LogP contribution in [0.3, 0.4) is 0 Å². The molecule has 6 nitrogen and oxygen atoms in total. The van der Waals surface area contributed by atoms with Crippen LogP contribution in [0.4, 0.5) is 18.9 Å². The van der Waals surface area contributed by atoms with Crippen molar-refractivity contribution in [3.05, 3.63) is 58.1 Å². The van der Waals surface area contributed by atoms with Crippen LogP contribution in [0.5, 0.6) is 5.75 Å². The SMILES string of the molecule is CNC(CC(=O)O)C(=O)N1CCc2c1ccc(OCc1ccc(C3CCCCC3)c(C(F)(F)F)c1)c2C. The van der Waals surface area contributed by atoms with E-state index < -0.39 is 23.8 Å². The van der Waals surface area contributed by atoms with Crippen molar-refractivity contribution in [1.82, 2.24) is 5.32 Å². The molecule has 4 rings (SSSR count). The number of ether oxygens (including phenoxy) is 1. The molecule has 0 radical (unpaired) electrons. The third kappa shape index (κ3) is 5.92. The smallest absolute Gasteiger partial charge is 0.416 e. The Morgan fingerprint density at radius 2 is 1.89 bits per heavy atom. The molecule has 0 bridgehead atoms. The highest BCUT2D eigenvalue weighted by Crippen LogP contribution is 2.41. The maximum atomic E-state index is 13.9. The van der Waals surface area contributed by atoms with E-state index in [4.69, 9.17) is 9.84 Å². The van der Waals surface area contributed by atoms with Gasteiger partial charge in [0.25, 0.3) is 0 Å². The monoisotopic (exact) mass is 518 g/mol. The van der Waals surface area contributed by atoms with Gasteiger partial charge in [0.2, 0.25) is 5.91 Å². The summed E-state index contributed by atoms with van der Waals surface area (Å²) < 4.78 is 47.7. The molecule has 200 valence electrons. The van der Waals surface area contributed by atoms with Crippen molar-refractivity contribution in [2.45, 2.75) is 76.6 Å². The van der Waals surface area contributed by atoms with Gasteiger partial charge in [-0.2, -0.15) is 13.2 Å². The van der Waals surface area contributed by atoms with Gasteiger partial charge in [-0.15, -0.1) is 0 Å². The van der Waals surface area contributed by atoms with Gasteiger partial charge in [-0.25, -0.2) is 0 Å². The summed E-state index contributed by atoms with van der Waals surface area (Å²) in [5.41, 5.74) is 2.71. The zero-order valence-corrected chi connectivity index (χ0v) is 21.2. The molecule has 9 heteroatoms. The molecular weight excluding hydrogens is 485 g/mol. The summed E-state index contributed by atoms with van der Waals surface area (Å²) >= 11 is 0. The second-order valence-corrected chi connectivity index (χ2v) is 9.91. The number of alkyl halides is 3. The number of amides is 1. The first-order chi connectivity index (χ1) is 17.6. The highest BCUT2D eigenvalue weighted by molar-refractivity contribution is 6.00. The fraction of sp³-hybridized carbons (Fsp3) is 0.500. The van der Waals surface area contributed by atoms with Gasteiger partial charge in [-0.1, -0.05) is 31.4 Å². The number of benzene rings is 2. The van der Waals surface area contributed by atoms with E-state index in [9.17, 15) is 22.8 Å². The second kappa shape index (κ2) is 11.1. The van der Waals surface area contributed by atoms with Gasteiger partial charge < -0.3 is 20.1 Å². The van der Waals surface area contributed by atoms with E-state index in [1.165, 1.54) is 6.07 Å². The minimum absolute atomic E-state index is 0.00324. The number of aliphatic carboxylic acids is 1. The van der Waals surface area contributed by atoms with Gasteiger partial charge in [-0.05, 0) is 79.6 Å². The minimum atomic E-state index is -4.42. The number of rotatable bonds is 8. The van der Waals surface area contributed by atoms with E-state index >= 15 is 0 Å². The summed E-state index contributed by atoms with van der Waals surface area (Å²) in [6.45, 7) is 2.28. The highest BCUT2D eigenvalue weighted by atomic mass is 19.4. The van der Waals surface area contributed by atoms with Crippen LogP contribution in [0, 0.1) is 6.92 Å². The Hall–Kier alpha value is -3.07. The number of likely N-dealkylation sites (N-methyl/N-ethyl adjacent to an activating group) is 1. The molecular formula is C28H33F3N2O4. The van der Waals surface area contributed by atoms with Gasteiger partial charge in [-0.3, -0.25) is 9.59 Å². The minimum Gasteiger partial charge on any atom is -0.489 e. The standard InChI is InChI=1S/C28H33F3N2O4/c1-17-20-12-13-33(27(36)23(32-2)15-26(34)35)24(20)10-11-25(17)37-16-18-8-9-21(19-6-4-3-5-7-19)22(14-18)28(29,30)31/h8-11,14,19,23,32H,3-7,12-13,15-16H2,1-2H3,(H,34,35). The Morgan fingerprint density at radius 1 is 1.16 bits per heavy atom. The van der Waals surface area contributed by atoms with Crippen LogP contribution < -0.4 is 15.0 Å². The third-order valence-electron chi connectivity index (χ3n) is 7.55. The Balaban J connectivity index is 1.51. The molecule has 1 saturated carbocycles. The van der Waals surface area contributed by atoms with Gasteiger partial charge in [0.15, 0.2) is 0 Å². The zero-order valence-electron chi connectivity index (χ0n) is 21.2. The molecule has 0 saturated heterocycles. The van der Waals surface area contributed by atoms with Crippen molar-refractivity contribution >= 4 is 17.6 Å². The summed E-state index contributed by atoms with van der Waals surface area (Å²) in [6.07, 6.45) is 0.423. The maximum absolute atomic E-state index is 13.9. The molecule has 2 N–H and O–H groups in total. The van der Waals surface area contributed by atoms with Crippen molar-refractivity contribution in [3.63, 3.8) is 0 Å². The molecule has 1 amide bonds. The summed E-state index contributed by atoms with van der Waals surface area (Å²) in [4.78, 5) is 25.6. The summed E-state index contributed by atoms with van der Waals surface area (Å²) in [5, 5.41) is 11.9. The summed E-state index contributed by atoms with van der Waals surface area (Å²) in [7, 11) is 1.55. The van der Waals surface area contributed by atoms with Crippen LogP contribution in [0.15, 0.2) is 30.3 Å². The Morgan fingerprint density at radius 3 is 2.54 bits per heavy atom. The fourth-order valence-corrected chi connectivity index (χ4v) is 5.56. The average molecular weight is 519 g/mol. The van der Waals surface area contributed by atoms with Crippen LogP contribution in [0.2, 0.25) is 0 Å². The number of hydrogen-bond acceptors (Lipinski definition) is 4. The largest absolute Gasteiger partial charge is 0.489 e. The Labute approximate surface area is 214 Å². The number of carboxylic acid groups (broad SMARTS) is 1. The first-order valence-corrected chi connectivity index (χ1v) is 12.8. The lowest BCUT2D eigenvalue weighted by atomic mass is 9.81. The van der Waals surface area contributed by atoms with Gasteiger partial charge in [0.05, 0.1) is 18.0 Å². The third-order valence-corrected chi connectivity index (χ3v) is 7.55. The number of carbonyl (C=O) groups is 2. The number of nitrogens with one attached hydrogen (secondary N) is 1. The average Bonchev–Trinajstić information content (AvgIpc) is 3.31. The fourth-order valence-electron chi connectivity index (χ4n) is 5.56. The molecule has 2 aliphatic rings. The molecule has 1 atom stereocenters. The predicted molar refractivity (Wildman–Crippen MR) is 134 cm³/mol. The van der Waals surface area contributed by atoms with E-state index in [-0.39, 0.29) is 24.9 Å². The second-order valence-electron chi connectivity index (χ2n) is 9.91. The van der Waals surface area contributed by atoms with Crippen molar-refractivity contribution in [1.29, 1.82) is 0 Å². The normalized spacial score (nSPS) is 16.9. The maximum Gasteiger partial charge on any atom is 0.416 e. The van der Waals surface area contributed by atoms with Gasteiger partial charge >= 0.3 is 12.1 Å². The number of carbonyl (C=O) groups excluding carboxylic acids is 1. The Bertz CT molecular complexity index is 1160. The van der Waals surface area contributed by atoms with E-state index in [0.29, 0.717) is 35.5 Å². The molecule has 1 unspecified atom stereocenters. The molecule has 1 aliphatic carbocycles.